The minimum Gasteiger partial charge on any atom is -0.492 e. The zero-order valence-electron chi connectivity index (χ0n) is 8.42. The zero-order chi connectivity index (χ0) is 9.97. The summed E-state index contributed by atoms with van der Waals surface area (Å²) in [6.45, 7) is 2.96. The van der Waals surface area contributed by atoms with E-state index in [0.717, 1.165) is 29.7 Å². The monoisotopic (exact) mass is 210 g/mol. The molecular weight excluding hydrogens is 196 g/mol. The van der Waals surface area contributed by atoms with Crippen LogP contribution in [-0.4, -0.2) is 6.61 Å². The molecule has 1 fully saturated rings. The summed E-state index contributed by atoms with van der Waals surface area (Å²) in [5.41, 5.74) is 1.28. The van der Waals surface area contributed by atoms with Gasteiger partial charge in [0.15, 0.2) is 0 Å². The molecule has 2 heteroatoms. The lowest BCUT2D eigenvalue weighted by molar-refractivity contribution is 0.299. The quantitative estimate of drug-likeness (QED) is 0.737. The van der Waals surface area contributed by atoms with Gasteiger partial charge < -0.3 is 4.74 Å². The van der Waals surface area contributed by atoms with Gasteiger partial charge in [-0.05, 0) is 42.9 Å². The molecule has 1 aliphatic carbocycles. The van der Waals surface area contributed by atoms with Gasteiger partial charge in [-0.3, -0.25) is 0 Å². The summed E-state index contributed by atoms with van der Waals surface area (Å²) in [7, 11) is 0. The Morgan fingerprint density at radius 2 is 2.21 bits per heavy atom. The lowest BCUT2D eigenvalue weighted by atomic mass is 10.2. The topological polar surface area (TPSA) is 9.23 Å². The summed E-state index contributed by atoms with van der Waals surface area (Å²) in [5, 5.41) is 0.725. The van der Waals surface area contributed by atoms with Crippen molar-refractivity contribution in [3.8, 4) is 5.75 Å². The molecule has 1 aromatic carbocycles. The highest BCUT2D eigenvalue weighted by atomic mass is 35.5. The smallest absolute Gasteiger partial charge is 0.138 e. The van der Waals surface area contributed by atoms with Gasteiger partial charge in [-0.25, -0.2) is 0 Å². The van der Waals surface area contributed by atoms with E-state index < -0.39 is 0 Å². The maximum absolute atomic E-state index is 6.03. The molecule has 0 N–H and O–H groups in total. The summed E-state index contributed by atoms with van der Waals surface area (Å²) in [5.74, 6) is 1.62. The molecule has 0 radical (unpaired) electrons. The summed E-state index contributed by atoms with van der Waals surface area (Å²) in [4.78, 5) is 0. The summed E-state index contributed by atoms with van der Waals surface area (Å²) in [6.07, 6.45) is 3.65. The van der Waals surface area contributed by atoms with Gasteiger partial charge in [0.25, 0.3) is 0 Å². The van der Waals surface area contributed by atoms with Crippen molar-refractivity contribution in [3.05, 3.63) is 28.8 Å². The van der Waals surface area contributed by atoms with Crippen LogP contribution in [0.4, 0.5) is 0 Å². The van der Waals surface area contributed by atoms with Crippen molar-refractivity contribution in [2.24, 2.45) is 5.92 Å². The normalized spacial score (nSPS) is 15.6. The Hall–Kier alpha value is -0.690. The molecule has 1 saturated carbocycles. The maximum atomic E-state index is 6.03. The minimum absolute atomic E-state index is 0.725. The molecule has 0 atom stereocenters. The van der Waals surface area contributed by atoms with Crippen molar-refractivity contribution < 1.29 is 4.74 Å². The predicted octanol–water partition coefficient (Wildman–Crippen LogP) is 3.69. The van der Waals surface area contributed by atoms with Crippen molar-refractivity contribution in [1.29, 1.82) is 0 Å². The lowest BCUT2D eigenvalue weighted by Crippen LogP contribution is -1.99. The largest absolute Gasteiger partial charge is 0.492 e. The van der Waals surface area contributed by atoms with Gasteiger partial charge in [-0.15, -0.1) is 0 Å². The molecule has 14 heavy (non-hydrogen) atoms. The first-order valence-corrected chi connectivity index (χ1v) is 5.58. The first-order chi connectivity index (χ1) is 6.79. The molecule has 0 aromatic heterocycles. The van der Waals surface area contributed by atoms with Crippen LogP contribution in [-0.2, 0) is 6.42 Å². The fraction of sp³-hybridized carbons (Fsp3) is 0.500. The Balaban J connectivity index is 2.04. The predicted molar refractivity (Wildman–Crippen MR) is 59.0 cm³/mol. The van der Waals surface area contributed by atoms with Gasteiger partial charge in [0.2, 0.25) is 0 Å². The molecule has 1 aliphatic rings. The minimum atomic E-state index is 0.725. The molecule has 0 heterocycles. The molecule has 1 nitrogen and oxygen atoms in total. The van der Waals surface area contributed by atoms with Crippen LogP contribution in [0.1, 0.15) is 25.3 Å². The molecule has 0 spiro atoms. The highest BCUT2D eigenvalue weighted by molar-refractivity contribution is 6.32. The van der Waals surface area contributed by atoms with E-state index in [1.807, 2.05) is 18.2 Å². The van der Waals surface area contributed by atoms with Gasteiger partial charge in [0.05, 0.1) is 11.6 Å². The molecule has 0 amide bonds. The average molecular weight is 211 g/mol. The Morgan fingerprint density at radius 1 is 1.43 bits per heavy atom. The highest BCUT2D eigenvalue weighted by Crippen LogP contribution is 2.32. The molecule has 76 valence electrons. The number of rotatable bonds is 4. The average Bonchev–Trinajstić information content (AvgIpc) is 3.00. The van der Waals surface area contributed by atoms with E-state index in [0.29, 0.717) is 0 Å². The molecule has 0 saturated heterocycles. The summed E-state index contributed by atoms with van der Waals surface area (Å²) < 4.78 is 5.67. The maximum Gasteiger partial charge on any atom is 0.138 e. The second-order valence-corrected chi connectivity index (χ2v) is 4.28. The molecule has 0 unspecified atom stereocenters. The van der Waals surface area contributed by atoms with Crippen LogP contribution in [0.15, 0.2) is 18.2 Å². The number of hydrogen-bond acceptors (Lipinski definition) is 1. The zero-order valence-corrected chi connectivity index (χ0v) is 9.18. The second kappa shape index (κ2) is 4.22. The number of halogens is 1. The van der Waals surface area contributed by atoms with E-state index in [1.54, 1.807) is 0 Å². The molecule has 0 aliphatic heterocycles. The van der Waals surface area contributed by atoms with E-state index in [2.05, 4.69) is 6.92 Å². The van der Waals surface area contributed by atoms with Gasteiger partial charge in [0, 0.05) is 0 Å². The van der Waals surface area contributed by atoms with Gasteiger partial charge in [0.1, 0.15) is 5.75 Å². The first-order valence-electron chi connectivity index (χ1n) is 5.21. The van der Waals surface area contributed by atoms with Crippen molar-refractivity contribution >= 4 is 11.6 Å². The Bertz CT molecular complexity index is 318. The van der Waals surface area contributed by atoms with Crippen LogP contribution in [0.3, 0.4) is 0 Å². The molecule has 2 rings (SSSR count). The first kappa shape index (κ1) is 9.85. The number of aryl methyl sites for hydroxylation is 1. The van der Waals surface area contributed by atoms with Crippen molar-refractivity contribution in [3.63, 3.8) is 0 Å². The fourth-order valence-electron chi connectivity index (χ4n) is 1.37. The van der Waals surface area contributed by atoms with Crippen molar-refractivity contribution in [2.75, 3.05) is 6.61 Å². The highest BCUT2D eigenvalue weighted by Gasteiger charge is 2.22. The van der Waals surface area contributed by atoms with Crippen LogP contribution in [0.2, 0.25) is 5.02 Å². The lowest BCUT2D eigenvalue weighted by Gasteiger charge is -2.08. The second-order valence-electron chi connectivity index (χ2n) is 3.87. The third kappa shape index (κ3) is 2.42. The van der Waals surface area contributed by atoms with Crippen LogP contribution < -0.4 is 4.74 Å². The van der Waals surface area contributed by atoms with Crippen LogP contribution in [0, 0.1) is 5.92 Å². The third-order valence-corrected chi connectivity index (χ3v) is 2.89. The molecular formula is C12H15ClO. The SMILES string of the molecule is CCc1ccc(Cl)c(OCC2CC2)c1. The van der Waals surface area contributed by atoms with E-state index >= 15 is 0 Å². The number of benzene rings is 1. The third-order valence-electron chi connectivity index (χ3n) is 2.58. The Morgan fingerprint density at radius 3 is 2.86 bits per heavy atom. The number of ether oxygens (including phenoxy) is 1. The van der Waals surface area contributed by atoms with Gasteiger partial charge in [-0.1, -0.05) is 24.6 Å². The summed E-state index contributed by atoms with van der Waals surface area (Å²) in [6, 6.07) is 6.01. The number of hydrogen-bond donors (Lipinski definition) is 0. The standard InChI is InChI=1S/C12H15ClO/c1-2-9-5-6-11(13)12(7-9)14-8-10-3-4-10/h5-7,10H,2-4,8H2,1H3. The van der Waals surface area contributed by atoms with Crippen LogP contribution >= 0.6 is 11.6 Å². The molecule has 1 aromatic rings. The van der Waals surface area contributed by atoms with Crippen molar-refractivity contribution in [1.82, 2.24) is 0 Å². The van der Waals surface area contributed by atoms with E-state index in [1.165, 1.54) is 18.4 Å². The summed E-state index contributed by atoms with van der Waals surface area (Å²) >= 11 is 6.03. The van der Waals surface area contributed by atoms with E-state index in [4.69, 9.17) is 16.3 Å². The van der Waals surface area contributed by atoms with Crippen molar-refractivity contribution in [2.45, 2.75) is 26.2 Å². The van der Waals surface area contributed by atoms with E-state index in [9.17, 15) is 0 Å². The van der Waals surface area contributed by atoms with Crippen LogP contribution in [0.5, 0.6) is 5.75 Å². The molecule has 0 bridgehead atoms. The van der Waals surface area contributed by atoms with Crippen LogP contribution in [0.25, 0.3) is 0 Å². The fourth-order valence-corrected chi connectivity index (χ4v) is 1.54. The van der Waals surface area contributed by atoms with Gasteiger partial charge >= 0.3 is 0 Å². The van der Waals surface area contributed by atoms with E-state index in [-0.39, 0.29) is 0 Å². The Labute approximate surface area is 90.0 Å². The van der Waals surface area contributed by atoms with Gasteiger partial charge in [-0.2, -0.15) is 0 Å². The Kier molecular flexibility index (Phi) is 2.97.